The highest BCUT2D eigenvalue weighted by atomic mass is 16.7. The van der Waals surface area contributed by atoms with Gasteiger partial charge in [0.1, 0.15) is 54.9 Å². The number of carbonyl (C=O) groups is 1. The van der Waals surface area contributed by atoms with Gasteiger partial charge in [-0.25, -0.2) is 0 Å². The first-order chi connectivity index (χ1) is 29.1. The Morgan fingerprint density at radius 3 is 1.35 bits per heavy atom. The van der Waals surface area contributed by atoms with E-state index in [9.17, 15) is 40.5 Å². The number of rotatable bonds is 38. The quantitative estimate of drug-likeness (QED) is 0.0275. The molecule has 2 rings (SSSR count). The molecule has 14 heteroatoms. The molecular formula is C46H88O14. The standard InChI is InChI=1S/C46H88O14/c1-3-5-7-9-11-13-14-15-16-17-18-19-20-21-22-24-26-28-30-55-32-35(58-38(48)29-27-25-23-12-10-8-6-4-2)33-56-45-44(54)42(52)40(50)37(60-45)34-57-46-43(53)41(51)39(49)36(31-47)59-46/h35-37,39-47,49-54H,3-34H2,1-2H3. The summed E-state index contributed by atoms with van der Waals surface area (Å²) < 4.78 is 34.1. The van der Waals surface area contributed by atoms with Crippen LogP contribution in [0.1, 0.15) is 187 Å². The SMILES string of the molecule is CCCCCCCCCCCCCCCCCCCCOCC(COC1OC(COC2OC(CO)C(O)C(O)C2O)C(O)C(O)C1O)OC(=O)CCCCCCCCCC. The summed E-state index contributed by atoms with van der Waals surface area (Å²) in [6, 6.07) is 0. The van der Waals surface area contributed by atoms with Crippen LogP contribution in [-0.4, -0.2) is 142 Å². The van der Waals surface area contributed by atoms with Gasteiger partial charge in [-0.05, 0) is 12.8 Å². The number of hydrogen-bond acceptors (Lipinski definition) is 14. The van der Waals surface area contributed by atoms with E-state index >= 15 is 0 Å². The van der Waals surface area contributed by atoms with Gasteiger partial charge in [0.15, 0.2) is 12.6 Å². The van der Waals surface area contributed by atoms with Gasteiger partial charge in [0.25, 0.3) is 0 Å². The Bertz CT molecular complexity index is 1010. The summed E-state index contributed by atoms with van der Waals surface area (Å²) >= 11 is 0. The Kier molecular flexibility index (Phi) is 32.5. The number of esters is 1. The molecule has 2 aliphatic rings. The lowest BCUT2D eigenvalue weighted by Crippen LogP contribution is -2.61. The smallest absolute Gasteiger partial charge is 0.306 e. The number of hydrogen-bond donors (Lipinski definition) is 7. The van der Waals surface area contributed by atoms with Crippen molar-refractivity contribution < 1.29 is 69.0 Å². The Labute approximate surface area is 362 Å². The van der Waals surface area contributed by atoms with Gasteiger partial charge in [-0.1, -0.05) is 168 Å². The Hall–Kier alpha value is -1.01. The highest BCUT2D eigenvalue weighted by Gasteiger charge is 2.47. The summed E-state index contributed by atoms with van der Waals surface area (Å²) in [6.45, 7) is 3.68. The van der Waals surface area contributed by atoms with E-state index in [0.717, 1.165) is 38.5 Å². The van der Waals surface area contributed by atoms with E-state index < -0.39 is 80.7 Å². The highest BCUT2D eigenvalue weighted by Crippen LogP contribution is 2.26. The Balaban J connectivity index is 1.74. The van der Waals surface area contributed by atoms with Crippen molar-refractivity contribution in [3.8, 4) is 0 Å². The lowest BCUT2D eigenvalue weighted by molar-refractivity contribution is -0.332. The molecular weight excluding hydrogens is 776 g/mol. The molecule has 0 saturated carbocycles. The fourth-order valence-electron chi connectivity index (χ4n) is 7.87. The second-order valence-corrected chi connectivity index (χ2v) is 17.3. The number of unbranched alkanes of at least 4 members (excludes halogenated alkanes) is 24. The summed E-state index contributed by atoms with van der Waals surface area (Å²) in [6.07, 6.45) is 16.2. The van der Waals surface area contributed by atoms with Crippen LogP contribution in [0.5, 0.6) is 0 Å². The van der Waals surface area contributed by atoms with Gasteiger partial charge in [-0.2, -0.15) is 0 Å². The van der Waals surface area contributed by atoms with Crippen molar-refractivity contribution in [3.63, 3.8) is 0 Å². The minimum absolute atomic E-state index is 0.0692. The maximum Gasteiger partial charge on any atom is 0.306 e. The molecule has 0 spiro atoms. The average molecular weight is 865 g/mol. The molecule has 2 fully saturated rings. The fourth-order valence-corrected chi connectivity index (χ4v) is 7.87. The first-order valence-corrected chi connectivity index (χ1v) is 24.1. The third kappa shape index (κ3) is 23.6. The first kappa shape index (κ1) is 55.1. The third-order valence-corrected chi connectivity index (χ3v) is 11.9. The normalized spacial score (nSPS) is 27.6. The van der Waals surface area contributed by atoms with Crippen molar-refractivity contribution in [2.45, 2.75) is 255 Å². The van der Waals surface area contributed by atoms with E-state index in [-0.39, 0.29) is 25.6 Å². The Morgan fingerprint density at radius 1 is 0.483 bits per heavy atom. The molecule has 14 nitrogen and oxygen atoms in total. The summed E-state index contributed by atoms with van der Waals surface area (Å²) in [5.41, 5.74) is 0. The molecule has 0 amide bonds. The lowest BCUT2D eigenvalue weighted by atomic mass is 9.98. The van der Waals surface area contributed by atoms with Crippen molar-refractivity contribution in [2.24, 2.45) is 0 Å². The molecule has 0 radical (unpaired) electrons. The number of aliphatic hydroxyl groups excluding tert-OH is 7. The van der Waals surface area contributed by atoms with Gasteiger partial charge in [-0.3, -0.25) is 4.79 Å². The van der Waals surface area contributed by atoms with E-state index in [1.54, 1.807) is 0 Å². The van der Waals surface area contributed by atoms with Crippen LogP contribution in [0.4, 0.5) is 0 Å². The summed E-state index contributed by atoms with van der Waals surface area (Å²) in [7, 11) is 0. The van der Waals surface area contributed by atoms with E-state index in [1.165, 1.54) is 122 Å². The van der Waals surface area contributed by atoms with Crippen molar-refractivity contribution >= 4 is 5.97 Å². The number of carbonyl (C=O) groups excluding carboxylic acids is 1. The van der Waals surface area contributed by atoms with Gasteiger partial charge in [-0.15, -0.1) is 0 Å². The molecule has 0 aromatic carbocycles. The summed E-state index contributed by atoms with van der Waals surface area (Å²) in [5.74, 6) is -0.377. The molecule has 11 atom stereocenters. The Morgan fingerprint density at radius 2 is 0.883 bits per heavy atom. The maximum absolute atomic E-state index is 12.9. The molecule has 0 bridgehead atoms. The van der Waals surface area contributed by atoms with Crippen LogP contribution in [-0.2, 0) is 33.2 Å². The van der Waals surface area contributed by atoms with Crippen LogP contribution < -0.4 is 0 Å². The van der Waals surface area contributed by atoms with Crippen LogP contribution in [0.3, 0.4) is 0 Å². The molecule has 2 saturated heterocycles. The topological polar surface area (TPSA) is 214 Å². The predicted molar refractivity (Wildman–Crippen MR) is 229 cm³/mol. The van der Waals surface area contributed by atoms with Crippen molar-refractivity contribution in [1.29, 1.82) is 0 Å². The average Bonchev–Trinajstić information content (AvgIpc) is 3.24. The third-order valence-electron chi connectivity index (χ3n) is 11.9. The molecule has 356 valence electrons. The van der Waals surface area contributed by atoms with Crippen LogP contribution in [0.15, 0.2) is 0 Å². The fraction of sp³-hybridized carbons (Fsp3) is 0.978. The highest BCUT2D eigenvalue weighted by molar-refractivity contribution is 5.69. The largest absolute Gasteiger partial charge is 0.457 e. The monoisotopic (exact) mass is 865 g/mol. The number of aliphatic hydroxyl groups is 7. The van der Waals surface area contributed by atoms with Crippen LogP contribution in [0, 0.1) is 0 Å². The van der Waals surface area contributed by atoms with Crippen LogP contribution in [0.25, 0.3) is 0 Å². The van der Waals surface area contributed by atoms with Crippen molar-refractivity contribution in [2.75, 3.05) is 33.0 Å². The zero-order valence-corrected chi connectivity index (χ0v) is 37.5. The van der Waals surface area contributed by atoms with E-state index in [4.69, 9.17) is 28.4 Å². The number of ether oxygens (including phenoxy) is 6. The lowest BCUT2D eigenvalue weighted by Gasteiger charge is -2.42. The van der Waals surface area contributed by atoms with E-state index in [0.29, 0.717) is 13.0 Å². The summed E-state index contributed by atoms with van der Waals surface area (Å²) in [4.78, 5) is 12.9. The predicted octanol–water partition coefficient (Wildman–Crippen LogP) is 6.13. The molecule has 7 N–H and O–H groups in total. The maximum atomic E-state index is 12.9. The zero-order chi connectivity index (χ0) is 43.8. The summed E-state index contributed by atoms with van der Waals surface area (Å²) in [5, 5.41) is 71.8. The van der Waals surface area contributed by atoms with Crippen molar-refractivity contribution in [3.05, 3.63) is 0 Å². The van der Waals surface area contributed by atoms with Gasteiger partial charge in [0.2, 0.25) is 0 Å². The second-order valence-electron chi connectivity index (χ2n) is 17.3. The van der Waals surface area contributed by atoms with Crippen LogP contribution in [0.2, 0.25) is 0 Å². The van der Waals surface area contributed by atoms with Crippen LogP contribution >= 0.6 is 0 Å². The van der Waals surface area contributed by atoms with Gasteiger partial charge in [0.05, 0.1) is 26.4 Å². The molecule has 2 heterocycles. The molecule has 11 unspecified atom stereocenters. The minimum atomic E-state index is -1.70. The van der Waals surface area contributed by atoms with Crippen molar-refractivity contribution in [1.82, 2.24) is 0 Å². The zero-order valence-electron chi connectivity index (χ0n) is 37.5. The van der Waals surface area contributed by atoms with Gasteiger partial charge in [0, 0.05) is 13.0 Å². The molecule has 0 aromatic rings. The molecule has 0 aliphatic carbocycles. The first-order valence-electron chi connectivity index (χ1n) is 24.1. The van der Waals surface area contributed by atoms with E-state index in [2.05, 4.69) is 13.8 Å². The van der Waals surface area contributed by atoms with Gasteiger partial charge >= 0.3 is 5.97 Å². The molecule has 2 aliphatic heterocycles. The van der Waals surface area contributed by atoms with E-state index in [1.807, 2.05) is 0 Å². The second kappa shape index (κ2) is 35.4. The molecule has 0 aromatic heterocycles. The molecule has 60 heavy (non-hydrogen) atoms. The van der Waals surface area contributed by atoms with Gasteiger partial charge < -0.3 is 64.2 Å². The minimum Gasteiger partial charge on any atom is -0.457 e.